The minimum atomic E-state index is -1.51. The highest BCUT2D eigenvalue weighted by atomic mass is 32.1. The molecule has 2 heterocycles. The monoisotopic (exact) mass is 1120 g/mol. The maximum Gasteiger partial charge on any atom is 0.335 e. The van der Waals surface area contributed by atoms with Gasteiger partial charge in [0.15, 0.2) is 28.1 Å². The number of thiazole rings is 1. The number of aliphatic carboxylic acids is 4. The number of aryl methyl sites for hydroxylation is 1. The van der Waals surface area contributed by atoms with Crippen LogP contribution in [-0.4, -0.2) is 163 Å². The molecular weight excluding hydrogens is 1070 g/mol. The topological polar surface area (TPSA) is 400 Å². The van der Waals surface area contributed by atoms with Gasteiger partial charge in [-0.15, -0.1) is 11.3 Å². The number of carboxylic acid groups (broad SMARTS) is 5. The number of ketones is 4. The van der Waals surface area contributed by atoms with E-state index in [9.17, 15) is 79.9 Å². The lowest BCUT2D eigenvalue weighted by molar-refractivity contribution is -0.140. The molecule has 3 aromatic carbocycles. The third-order valence-electron chi connectivity index (χ3n) is 9.90. The number of nitrogens with zero attached hydrogens (tertiary/aromatic N) is 1. The molecule has 416 valence electrons. The Kier molecular flexibility index (Phi) is 27.1. The Hall–Kier alpha value is -9.54. The number of halogens is 4. The van der Waals surface area contributed by atoms with Crippen molar-refractivity contribution in [1.29, 1.82) is 0 Å². The molecule has 5 rings (SSSR count). The molecule has 0 bridgehead atoms. The van der Waals surface area contributed by atoms with E-state index in [1.807, 2.05) is 6.92 Å². The predicted molar refractivity (Wildman–Crippen MR) is 263 cm³/mol. The molecule has 0 radical (unpaired) electrons. The molecule has 10 N–H and O–H groups in total. The lowest BCUT2D eigenvalue weighted by Crippen LogP contribution is -2.43. The van der Waals surface area contributed by atoms with E-state index in [-0.39, 0.29) is 27.4 Å². The quantitative estimate of drug-likeness (QED) is 0.0375. The number of rotatable bonds is 25. The first-order valence-electron chi connectivity index (χ1n) is 22.2. The van der Waals surface area contributed by atoms with Crippen LogP contribution in [0.15, 0.2) is 90.4 Å². The summed E-state index contributed by atoms with van der Waals surface area (Å²) in [5, 5.41) is 54.4. The summed E-state index contributed by atoms with van der Waals surface area (Å²) in [5.74, 6) is -13.3. The number of carbonyl (C=O) groups is 13. The predicted octanol–water partition coefficient (Wildman–Crippen LogP) is 3.14. The Bertz CT molecular complexity index is 2940. The summed E-state index contributed by atoms with van der Waals surface area (Å²) in [5.41, 5.74) is 1.94. The van der Waals surface area contributed by atoms with Gasteiger partial charge in [0.05, 0.1) is 31.2 Å². The molecule has 4 unspecified atom stereocenters. The molecule has 0 spiro atoms. The number of aromatic carboxylic acids is 1. The number of carbonyl (C=O) groups excluding carboxylic acids is 8. The van der Waals surface area contributed by atoms with Crippen LogP contribution >= 0.6 is 11.3 Å². The van der Waals surface area contributed by atoms with Gasteiger partial charge >= 0.3 is 29.8 Å². The largest absolute Gasteiger partial charge is 0.481 e. The number of amides is 4. The van der Waals surface area contributed by atoms with Gasteiger partial charge in [-0.2, -0.15) is 0 Å². The smallest absolute Gasteiger partial charge is 0.335 e. The molecule has 0 fully saturated rings. The van der Waals surface area contributed by atoms with E-state index in [0.29, 0.717) is 0 Å². The van der Waals surface area contributed by atoms with Crippen molar-refractivity contribution in [3.05, 3.63) is 123 Å². The van der Waals surface area contributed by atoms with Gasteiger partial charge in [0, 0.05) is 33.6 Å². The highest BCUT2D eigenvalue weighted by Gasteiger charge is 2.28. The van der Waals surface area contributed by atoms with Crippen LogP contribution in [-0.2, 0) is 38.4 Å². The SMILES string of the molecule is Cc1ccc(C(=O)NC(CC(=O)O)C(=O)CF)cc1.O=C(O)CC(NC(=O)c1cc2ccccc2[nH]1)C(=O)CF.O=C(O)CC(NC(=O)c1cccc(C(=O)O)c1)C(=O)CF.O=C(O)CC(NC(=O)c1nccs1)C(=O)CF. The zero-order valence-electron chi connectivity index (χ0n) is 40.5. The lowest BCUT2D eigenvalue weighted by Gasteiger charge is -2.14. The van der Waals surface area contributed by atoms with Crippen molar-refractivity contribution in [3.8, 4) is 0 Å². The summed E-state index contributed by atoms with van der Waals surface area (Å²) in [4.78, 5) is 152. The van der Waals surface area contributed by atoms with Crippen molar-refractivity contribution in [1.82, 2.24) is 31.2 Å². The third-order valence-corrected chi connectivity index (χ3v) is 10.7. The summed E-state index contributed by atoms with van der Waals surface area (Å²) >= 11 is 1.04. The number of carboxylic acids is 5. The average Bonchev–Trinajstić information content (AvgIpc) is 4.11. The standard InChI is InChI=1S/C14H13FN2O4.C13H12FNO6.C13H14FNO4.C9H9FN2O4S/c15-7-12(18)10(6-13(19)20)17-14(21)11-5-8-3-1-2-4-9(8)16-11;14-6-10(16)9(5-11(17)18)15-12(19)7-2-1-3-8(4-7)13(20)21;1-8-2-4-9(5-3-8)13(19)15-10(6-12(17)18)11(16)7-14;10-4-6(13)5(3-7(14)15)12-8(16)9-11-1-2-17-9/h1-5,10,16H,6-7H2,(H,17,21)(H,19,20);1-4,9H,5-6H2,(H,15,19)(H,17,18)(H,20,21);2-5,10H,6-7H2,1H3,(H,15,19)(H,17,18);1-2,5H,3-4H2,(H,12,16)(H,14,15). The molecule has 4 amide bonds. The number of hydrogen-bond donors (Lipinski definition) is 10. The van der Waals surface area contributed by atoms with Crippen molar-refractivity contribution in [3.63, 3.8) is 0 Å². The zero-order chi connectivity index (χ0) is 58.6. The molecule has 0 saturated heterocycles. The lowest BCUT2D eigenvalue weighted by atomic mass is 10.1. The maximum atomic E-state index is 12.4. The number of para-hydroxylation sites is 1. The van der Waals surface area contributed by atoms with Crippen molar-refractivity contribution in [2.45, 2.75) is 56.8 Å². The molecule has 24 nitrogen and oxygen atoms in total. The zero-order valence-corrected chi connectivity index (χ0v) is 41.4. The van der Waals surface area contributed by atoms with Crippen molar-refractivity contribution in [2.75, 3.05) is 26.7 Å². The fourth-order valence-corrected chi connectivity index (χ4v) is 6.56. The number of aromatic nitrogens is 2. The third kappa shape index (κ3) is 22.5. The van der Waals surface area contributed by atoms with E-state index in [4.69, 9.17) is 25.5 Å². The molecular formula is C49H48F4N6O18S. The molecule has 5 aromatic rings. The fraction of sp³-hybridized carbons (Fsp3) is 0.265. The van der Waals surface area contributed by atoms with Crippen LogP contribution in [0.5, 0.6) is 0 Å². The Morgan fingerprint density at radius 2 is 0.910 bits per heavy atom. The van der Waals surface area contributed by atoms with Gasteiger partial charge in [-0.25, -0.2) is 27.3 Å². The van der Waals surface area contributed by atoms with Gasteiger partial charge in [-0.1, -0.05) is 42.0 Å². The first kappa shape index (κ1) is 64.6. The first-order chi connectivity index (χ1) is 36.8. The summed E-state index contributed by atoms with van der Waals surface area (Å²) in [6.45, 7) is -3.53. The molecule has 0 saturated carbocycles. The van der Waals surface area contributed by atoms with Crippen LogP contribution in [0.4, 0.5) is 17.6 Å². The Morgan fingerprint density at radius 3 is 1.31 bits per heavy atom. The average molecular weight is 1120 g/mol. The van der Waals surface area contributed by atoms with Gasteiger partial charge in [0.2, 0.25) is 0 Å². The minimum absolute atomic E-state index is 0.0723. The van der Waals surface area contributed by atoms with E-state index in [0.717, 1.165) is 33.9 Å². The molecule has 4 atom stereocenters. The van der Waals surface area contributed by atoms with E-state index in [2.05, 4.69) is 31.2 Å². The van der Waals surface area contributed by atoms with E-state index in [1.54, 1.807) is 60.0 Å². The number of hydrogen-bond acceptors (Lipinski definition) is 15. The van der Waals surface area contributed by atoms with Gasteiger partial charge in [-0.05, 0) is 49.4 Å². The van der Waals surface area contributed by atoms with Crippen LogP contribution in [0.3, 0.4) is 0 Å². The second-order valence-electron chi connectivity index (χ2n) is 15.8. The van der Waals surface area contributed by atoms with Crippen molar-refractivity contribution < 1.29 is 105 Å². The second-order valence-corrected chi connectivity index (χ2v) is 16.6. The van der Waals surface area contributed by atoms with Crippen molar-refractivity contribution >= 4 is 98.8 Å². The normalized spacial score (nSPS) is 11.8. The summed E-state index contributed by atoms with van der Waals surface area (Å²) in [6.07, 6.45) is -1.31. The number of H-pyrrole nitrogens is 1. The van der Waals surface area contributed by atoms with E-state index >= 15 is 0 Å². The number of fused-ring (bicyclic) bond motifs is 1. The van der Waals surface area contributed by atoms with E-state index in [1.165, 1.54) is 24.4 Å². The molecule has 0 aliphatic heterocycles. The van der Waals surface area contributed by atoms with Crippen LogP contribution in [0.2, 0.25) is 0 Å². The number of nitrogens with one attached hydrogen (secondary N) is 5. The molecule has 2 aromatic heterocycles. The first-order valence-corrected chi connectivity index (χ1v) is 23.0. The highest BCUT2D eigenvalue weighted by molar-refractivity contribution is 7.11. The second kappa shape index (κ2) is 32.7. The molecule has 0 aliphatic rings. The Labute approximate surface area is 441 Å². The Balaban J connectivity index is 0.000000357. The highest BCUT2D eigenvalue weighted by Crippen LogP contribution is 2.15. The van der Waals surface area contributed by atoms with Gasteiger partial charge in [0.1, 0.15) is 56.6 Å². The van der Waals surface area contributed by atoms with Crippen LogP contribution in [0.25, 0.3) is 10.9 Å². The summed E-state index contributed by atoms with van der Waals surface area (Å²) in [6, 6.07) is 14.6. The molecule has 0 aliphatic carbocycles. The maximum absolute atomic E-state index is 12.4. The van der Waals surface area contributed by atoms with Crippen LogP contribution in [0.1, 0.15) is 82.6 Å². The molecule has 29 heteroatoms. The Morgan fingerprint density at radius 1 is 0.500 bits per heavy atom. The fourth-order valence-electron chi connectivity index (χ4n) is 6.02. The summed E-state index contributed by atoms with van der Waals surface area (Å²) in [7, 11) is 0. The number of benzene rings is 3. The number of alkyl halides is 4. The molecule has 78 heavy (non-hydrogen) atoms. The van der Waals surface area contributed by atoms with Gasteiger partial charge < -0.3 is 51.8 Å². The van der Waals surface area contributed by atoms with Crippen LogP contribution < -0.4 is 21.3 Å². The minimum Gasteiger partial charge on any atom is -0.481 e. The van der Waals surface area contributed by atoms with Gasteiger partial charge in [-0.3, -0.25) is 57.5 Å². The van der Waals surface area contributed by atoms with Gasteiger partial charge in [0.25, 0.3) is 23.6 Å². The van der Waals surface area contributed by atoms with Crippen molar-refractivity contribution in [2.24, 2.45) is 0 Å². The number of Topliss-reactive ketones (excluding diaryl/α,β-unsaturated/α-hetero) is 4. The number of aromatic amines is 1. The summed E-state index contributed by atoms with van der Waals surface area (Å²) < 4.78 is 49.2. The van der Waals surface area contributed by atoms with E-state index < -0.39 is 153 Å². The van der Waals surface area contributed by atoms with Crippen LogP contribution in [0, 0.1) is 6.92 Å².